The highest BCUT2D eigenvalue weighted by molar-refractivity contribution is 9.09. The molecule has 0 aliphatic carbocycles. The Hall–Kier alpha value is -1.43. The van der Waals surface area contributed by atoms with Crippen LogP contribution in [0.15, 0.2) is 24.3 Å². The molecule has 0 atom stereocenters. The first-order chi connectivity index (χ1) is 9.02. The molecule has 0 fully saturated rings. The topological polar surface area (TPSA) is 46.5 Å². The van der Waals surface area contributed by atoms with Crippen LogP contribution in [0.3, 0.4) is 0 Å². The molecule has 0 aliphatic heterocycles. The molecular weight excluding hydrogens is 322 g/mol. The van der Waals surface area contributed by atoms with Crippen molar-refractivity contribution in [3.63, 3.8) is 0 Å². The highest BCUT2D eigenvalue weighted by Gasteiger charge is 2.07. The van der Waals surface area contributed by atoms with Gasteiger partial charge in [0.25, 0.3) is 0 Å². The Kier molecular flexibility index (Phi) is 6.49. The SMILES string of the molecule is O=C(O)/C=C/c1ccc(OC(F)F)cc1CCCBr. The summed E-state index contributed by atoms with van der Waals surface area (Å²) in [5, 5.41) is 9.37. The summed E-state index contributed by atoms with van der Waals surface area (Å²) in [5.74, 6) is -0.980. The van der Waals surface area contributed by atoms with E-state index in [-0.39, 0.29) is 5.75 Å². The third-order valence-electron chi connectivity index (χ3n) is 2.32. The van der Waals surface area contributed by atoms with Gasteiger partial charge < -0.3 is 9.84 Å². The third-order valence-corrected chi connectivity index (χ3v) is 2.89. The Morgan fingerprint density at radius 3 is 2.79 bits per heavy atom. The predicted molar refractivity (Wildman–Crippen MR) is 71.9 cm³/mol. The number of aryl methyl sites for hydroxylation is 1. The fourth-order valence-electron chi connectivity index (χ4n) is 1.56. The van der Waals surface area contributed by atoms with Crippen molar-refractivity contribution >= 4 is 28.0 Å². The lowest BCUT2D eigenvalue weighted by Crippen LogP contribution is -2.03. The summed E-state index contributed by atoms with van der Waals surface area (Å²) in [4.78, 5) is 10.5. The molecule has 0 aliphatic rings. The van der Waals surface area contributed by atoms with Gasteiger partial charge in [0.2, 0.25) is 0 Å². The van der Waals surface area contributed by atoms with Crippen molar-refractivity contribution in [1.82, 2.24) is 0 Å². The Labute approximate surface area is 118 Å². The van der Waals surface area contributed by atoms with Crippen LogP contribution >= 0.6 is 15.9 Å². The minimum absolute atomic E-state index is 0.0760. The molecule has 19 heavy (non-hydrogen) atoms. The van der Waals surface area contributed by atoms with Crippen molar-refractivity contribution in [2.24, 2.45) is 0 Å². The van der Waals surface area contributed by atoms with E-state index in [0.717, 1.165) is 23.4 Å². The van der Waals surface area contributed by atoms with Gasteiger partial charge in [0.15, 0.2) is 0 Å². The molecule has 1 aromatic rings. The van der Waals surface area contributed by atoms with Crippen molar-refractivity contribution < 1.29 is 23.4 Å². The zero-order valence-electron chi connectivity index (χ0n) is 9.98. The van der Waals surface area contributed by atoms with Crippen LogP contribution in [0.2, 0.25) is 0 Å². The van der Waals surface area contributed by atoms with E-state index >= 15 is 0 Å². The van der Waals surface area contributed by atoms with Gasteiger partial charge in [-0.25, -0.2) is 4.79 Å². The number of ether oxygens (including phenoxy) is 1. The lowest BCUT2D eigenvalue weighted by atomic mass is 10.0. The number of hydrogen-bond acceptors (Lipinski definition) is 2. The molecule has 0 amide bonds. The number of benzene rings is 1. The van der Waals surface area contributed by atoms with Crippen LogP contribution in [-0.4, -0.2) is 23.0 Å². The monoisotopic (exact) mass is 334 g/mol. The van der Waals surface area contributed by atoms with Gasteiger partial charge in [0.05, 0.1) is 0 Å². The van der Waals surface area contributed by atoms with Crippen molar-refractivity contribution in [2.45, 2.75) is 19.5 Å². The number of rotatable bonds is 7. The van der Waals surface area contributed by atoms with Gasteiger partial charge in [-0.05, 0) is 42.2 Å². The van der Waals surface area contributed by atoms with E-state index in [4.69, 9.17) is 5.11 Å². The third kappa shape index (κ3) is 5.83. The zero-order chi connectivity index (χ0) is 14.3. The highest BCUT2D eigenvalue weighted by Crippen LogP contribution is 2.22. The quantitative estimate of drug-likeness (QED) is 0.610. The van der Waals surface area contributed by atoms with Crippen molar-refractivity contribution in [3.05, 3.63) is 35.4 Å². The lowest BCUT2D eigenvalue weighted by Gasteiger charge is -2.09. The Morgan fingerprint density at radius 1 is 1.47 bits per heavy atom. The van der Waals surface area contributed by atoms with E-state index in [1.807, 2.05) is 0 Å². The molecule has 0 heterocycles. The van der Waals surface area contributed by atoms with E-state index in [1.165, 1.54) is 18.2 Å². The van der Waals surface area contributed by atoms with Crippen molar-refractivity contribution in [2.75, 3.05) is 5.33 Å². The predicted octanol–water partition coefficient (Wildman–Crippen LogP) is 3.71. The smallest absolute Gasteiger partial charge is 0.387 e. The van der Waals surface area contributed by atoms with Crippen LogP contribution in [0.1, 0.15) is 17.5 Å². The molecule has 6 heteroatoms. The fourth-order valence-corrected chi connectivity index (χ4v) is 1.84. The second-order valence-electron chi connectivity index (χ2n) is 3.70. The number of alkyl halides is 3. The highest BCUT2D eigenvalue weighted by atomic mass is 79.9. The summed E-state index contributed by atoms with van der Waals surface area (Å²) >= 11 is 3.29. The lowest BCUT2D eigenvalue weighted by molar-refractivity contribution is -0.131. The maximum atomic E-state index is 12.1. The van der Waals surface area contributed by atoms with Crippen LogP contribution < -0.4 is 4.74 Å². The first-order valence-electron chi connectivity index (χ1n) is 5.57. The van der Waals surface area contributed by atoms with E-state index in [1.54, 1.807) is 6.07 Å². The number of hydrogen-bond donors (Lipinski definition) is 1. The Balaban J connectivity index is 2.98. The molecule has 0 saturated carbocycles. The van der Waals surface area contributed by atoms with Crippen LogP contribution in [-0.2, 0) is 11.2 Å². The van der Waals surface area contributed by atoms with Gasteiger partial charge in [0, 0.05) is 11.4 Å². The molecule has 0 spiro atoms. The first-order valence-corrected chi connectivity index (χ1v) is 6.69. The van der Waals surface area contributed by atoms with E-state index in [9.17, 15) is 13.6 Å². The van der Waals surface area contributed by atoms with Crippen LogP contribution in [0.25, 0.3) is 6.08 Å². The summed E-state index contributed by atoms with van der Waals surface area (Å²) in [7, 11) is 0. The maximum Gasteiger partial charge on any atom is 0.387 e. The normalized spacial score (nSPS) is 11.2. The second kappa shape index (κ2) is 7.89. The number of aliphatic carboxylic acids is 1. The molecule has 0 saturated heterocycles. The Bertz CT molecular complexity index is 461. The molecule has 0 bridgehead atoms. The molecular formula is C13H13BrF2O3. The molecule has 0 aromatic heterocycles. The van der Waals surface area contributed by atoms with Crippen molar-refractivity contribution in [3.8, 4) is 5.75 Å². The summed E-state index contributed by atoms with van der Waals surface area (Å²) in [6, 6.07) is 4.47. The zero-order valence-corrected chi connectivity index (χ0v) is 11.6. The number of carboxylic acids is 1. The van der Waals surface area contributed by atoms with E-state index in [2.05, 4.69) is 20.7 Å². The van der Waals surface area contributed by atoms with Crippen LogP contribution in [0.4, 0.5) is 8.78 Å². The molecule has 1 N–H and O–H groups in total. The first kappa shape index (κ1) is 15.6. The Morgan fingerprint density at radius 2 is 2.21 bits per heavy atom. The van der Waals surface area contributed by atoms with Crippen LogP contribution in [0.5, 0.6) is 5.75 Å². The molecule has 104 valence electrons. The van der Waals surface area contributed by atoms with Gasteiger partial charge >= 0.3 is 12.6 Å². The molecule has 0 unspecified atom stereocenters. The molecule has 1 rings (SSSR count). The minimum atomic E-state index is -2.87. The van der Waals surface area contributed by atoms with Crippen molar-refractivity contribution in [1.29, 1.82) is 0 Å². The second-order valence-corrected chi connectivity index (χ2v) is 4.50. The van der Waals surface area contributed by atoms with Crippen LogP contribution in [0, 0.1) is 0 Å². The molecule has 0 radical (unpaired) electrons. The van der Waals surface area contributed by atoms with E-state index in [0.29, 0.717) is 12.0 Å². The summed E-state index contributed by atoms with van der Waals surface area (Å²) in [5.41, 5.74) is 1.46. The standard InChI is InChI=1S/C13H13BrF2O3/c14-7-1-2-10-8-11(19-13(15)16)5-3-9(10)4-6-12(17)18/h3-6,8,13H,1-2,7H2,(H,17,18)/b6-4+. The summed E-state index contributed by atoms with van der Waals surface area (Å²) in [6.45, 7) is -2.87. The minimum Gasteiger partial charge on any atom is -0.478 e. The van der Waals surface area contributed by atoms with Gasteiger partial charge in [-0.1, -0.05) is 22.0 Å². The summed E-state index contributed by atoms with van der Waals surface area (Å²) < 4.78 is 28.6. The number of carbonyl (C=O) groups is 1. The fraction of sp³-hybridized carbons (Fsp3) is 0.308. The molecule has 1 aromatic carbocycles. The maximum absolute atomic E-state index is 12.1. The van der Waals surface area contributed by atoms with E-state index < -0.39 is 12.6 Å². The van der Waals surface area contributed by atoms with Gasteiger partial charge in [-0.15, -0.1) is 0 Å². The molecule has 3 nitrogen and oxygen atoms in total. The largest absolute Gasteiger partial charge is 0.478 e. The van der Waals surface area contributed by atoms with Gasteiger partial charge in [0.1, 0.15) is 5.75 Å². The van der Waals surface area contributed by atoms with Gasteiger partial charge in [-0.2, -0.15) is 8.78 Å². The summed E-state index contributed by atoms with van der Waals surface area (Å²) in [6.07, 6.45) is 3.91. The number of halogens is 3. The average molecular weight is 335 g/mol. The number of carboxylic acid groups (broad SMARTS) is 1. The van der Waals surface area contributed by atoms with Gasteiger partial charge in [-0.3, -0.25) is 0 Å². The average Bonchev–Trinajstić information content (AvgIpc) is 2.34.